The third-order valence-corrected chi connectivity index (χ3v) is 6.24. The van der Waals surface area contributed by atoms with Crippen LogP contribution in [0.25, 0.3) is 0 Å². The third kappa shape index (κ3) is 3.30. The van der Waals surface area contributed by atoms with E-state index in [1.165, 1.54) is 51.5 Å². The van der Waals surface area contributed by atoms with Crippen LogP contribution in [-0.4, -0.2) is 46.8 Å². The van der Waals surface area contributed by atoms with Crippen LogP contribution in [0.15, 0.2) is 0 Å². The van der Waals surface area contributed by atoms with E-state index in [1.54, 1.807) is 0 Å². The summed E-state index contributed by atoms with van der Waals surface area (Å²) in [5, 5.41) is 13.6. The van der Waals surface area contributed by atoms with E-state index >= 15 is 0 Å². The molecule has 1 aliphatic heterocycles. The molecule has 0 aromatic heterocycles. The third-order valence-electron chi connectivity index (χ3n) is 6.24. The van der Waals surface area contributed by atoms with Crippen molar-refractivity contribution in [1.29, 1.82) is 0 Å². The molecular weight excluding hydrogens is 260 g/mol. The van der Waals surface area contributed by atoms with Gasteiger partial charge in [-0.1, -0.05) is 26.7 Å². The van der Waals surface area contributed by atoms with Gasteiger partial charge in [-0.15, -0.1) is 0 Å². The lowest BCUT2D eigenvalue weighted by molar-refractivity contribution is 0.0227. The van der Waals surface area contributed by atoms with Gasteiger partial charge in [0.25, 0.3) is 0 Å². The summed E-state index contributed by atoms with van der Waals surface area (Å²) >= 11 is 0. The van der Waals surface area contributed by atoms with Crippen molar-refractivity contribution < 1.29 is 5.11 Å². The number of likely N-dealkylation sites (tertiary alicyclic amines) is 1. The number of aliphatic hydroxyl groups is 1. The number of hydrogen-bond acceptors (Lipinski definition) is 3. The summed E-state index contributed by atoms with van der Waals surface area (Å²) in [4.78, 5) is 2.85. The van der Waals surface area contributed by atoms with Gasteiger partial charge in [-0.3, -0.25) is 4.90 Å². The van der Waals surface area contributed by atoms with Crippen LogP contribution in [0.1, 0.15) is 71.6 Å². The Kier molecular flexibility index (Phi) is 4.92. The van der Waals surface area contributed by atoms with Gasteiger partial charge in [-0.05, 0) is 57.4 Å². The van der Waals surface area contributed by atoms with Crippen molar-refractivity contribution >= 4 is 0 Å². The van der Waals surface area contributed by atoms with E-state index in [0.29, 0.717) is 18.7 Å². The lowest BCUT2D eigenvalue weighted by Crippen LogP contribution is -2.54. The van der Waals surface area contributed by atoms with Gasteiger partial charge in [-0.2, -0.15) is 0 Å². The Morgan fingerprint density at radius 2 is 1.90 bits per heavy atom. The summed E-state index contributed by atoms with van der Waals surface area (Å²) < 4.78 is 0. The summed E-state index contributed by atoms with van der Waals surface area (Å²) in [6.07, 6.45) is 12.2. The predicted molar refractivity (Wildman–Crippen MR) is 87.4 cm³/mol. The Hall–Kier alpha value is -0.120. The van der Waals surface area contributed by atoms with Crippen molar-refractivity contribution in [2.75, 3.05) is 13.2 Å². The van der Waals surface area contributed by atoms with Crippen molar-refractivity contribution in [3.05, 3.63) is 0 Å². The van der Waals surface area contributed by atoms with Crippen LogP contribution in [0.4, 0.5) is 0 Å². The summed E-state index contributed by atoms with van der Waals surface area (Å²) in [6, 6.07) is 2.01. The highest BCUT2D eigenvalue weighted by Crippen LogP contribution is 2.41. The topological polar surface area (TPSA) is 35.5 Å². The Bertz CT molecular complexity index is 344. The minimum absolute atomic E-state index is 0.0134. The van der Waals surface area contributed by atoms with E-state index in [1.807, 2.05) is 0 Å². The van der Waals surface area contributed by atoms with Crippen molar-refractivity contribution in [2.24, 2.45) is 5.92 Å². The number of hydrogen-bond donors (Lipinski definition) is 2. The lowest BCUT2D eigenvalue weighted by atomic mass is 9.77. The van der Waals surface area contributed by atoms with Gasteiger partial charge < -0.3 is 10.4 Å². The van der Waals surface area contributed by atoms with Crippen LogP contribution >= 0.6 is 0 Å². The van der Waals surface area contributed by atoms with E-state index in [0.717, 1.165) is 24.8 Å². The summed E-state index contributed by atoms with van der Waals surface area (Å²) in [7, 11) is 0. The molecule has 3 fully saturated rings. The second kappa shape index (κ2) is 6.55. The van der Waals surface area contributed by atoms with E-state index in [9.17, 15) is 5.11 Å². The van der Waals surface area contributed by atoms with Gasteiger partial charge in [0.05, 0.1) is 6.61 Å². The molecule has 2 saturated carbocycles. The molecule has 4 atom stereocenters. The zero-order valence-corrected chi connectivity index (χ0v) is 14.0. The molecule has 122 valence electrons. The van der Waals surface area contributed by atoms with Crippen LogP contribution in [0.5, 0.6) is 0 Å². The molecule has 3 rings (SSSR count). The van der Waals surface area contributed by atoms with Gasteiger partial charge in [0.2, 0.25) is 0 Å². The summed E-state index contributed by atoms with van der Waals surface area (Å²) in [6.45, 7) is 5.99. The fraction of sp³-hybridized carbons (Fsp3) is 1.00. The first-order valence-electron chi connectivity index (χ1n) is 9.28. The fourth-order valence-corrected chi connectivity index (χ4v) is 5.43. The van der Waals surface area contributed by atoms with Crippen LogP contribution in [0.3, 0.4) is 0 Å². The average Bonchev–Trinajstić information content (AvgIpc) is 2.90. The zero-order valence-electron chi connectivity index (χ0n) is 14.0. The largest absolute Gasteiger partial charge is 0.394 e. The molecule has 0 bridgehead atoms. The van der Waals surface area contributed by atoms with E-state index in [4.69, 9.17) is 0 Å². The molecule has 0 radical (unpaired) electrons. The molecular formula is C18H34N2O. The van der Waals surface area contributed by atoms with Gasteiger partial charge in [-0.25, -0.2) is 0 Å². The monoisotopic (exact) mass is 294 g/mol. The Balaban J connectivity index is 1.66. The fourth-order valence-electron chi connectivity index (χ4n) is 5.43. The SMILES string of the molecule is CC(C)NC1(CO)CCC(N2CCCC3CCCCC32)C1. The molecule has 2 aliphatic carbocycles. The van der Waals surface area contributed by atoms with E-state index in [-0.39, 0.29) is 5.54 Å². The molecule has 0 amide bonds. The van der Waals surface area contributed by atoms with E-state index < -0.39 is 0 Å². The molecule has 3 aliphatic rings. The first kappa shape index (κ1) is 15.8. The quantitative estimate of drug-likeness (QED) is 0.837. The Morgan fingerprint density at radius 3 is 2.67 bits per heavy atom. The number of fused-ring (bicyclic) bond motifs is 1. The number of piperidine rings is 1. The first-order chi connectivity index (χ1) is 10.1. The molecule has 0 aromatic carbocycles. The maximum atomic E-state index is 9.93. The van der Waals surface area contributed by atoms with Gasteiger partial charge in [0.15, 0.2) is 0 Å². The zero-order chi connectivity index (χ0) is 14.9. The molecule has 21 heavy (non-hydrogen) atoms. The highest BCUT2D eigenvalue weighted by Gasteiger charge is 2.44. The van der Waals surface area contributed by atoms with Gasteiger partial charge in [0, 0.05) is 23.7 Å². The summed E-state index contributed by atoms with van der Waals surface area (Å²) in [5.41, 5.74) is -0.0134. The molecule has 3 nitrogen and oxygen atoms in total. The molecule has 1 saturated heterocycles. The second-order valence-corrected chi connectivity index (χ2v) is 8.13. The Morgan fingerprint density at radius 1 is 1.14 bits per heavy atom. The molecule has 4 unspecified atom stereocenters. The van der Waals surface area contributed by atoms with Gasteiger partial charge >= 0.3 is 0 Å². The van der Waals surface area contributed by atoms with Gasteiger partial charge in [0.1, 0.15) is 0 Å². The van der Waals surface area contributed by atoms with Crippen LogP contribution in [0.2, 0.25) is 0 Å². The van der Waals surface area contributed by atoms with Crippen molar-refractivity contribution in [3.63, 3.8) is 0 Å². The lowest BCUT2D eigenvalue weighted by Gasteiger charge is -2.47. The smallest absolute Gasteiger partial charge is 0.0614 e. The number of aliphatic hydroxyl groups excluding tert-OH is 1. The summed E-state index contributed by atoms with van der Waals surface area (Å²) in [5.74, 6) is 0.967. The number of rotatable bonds is 4. The molecule has 2 N–H and O–H groups in total. The minimum atomic E-state index is -0.0134. The molecule has 0 spiro atoms. The van der Waals surface area contributed by atoms with Crippen LogP contribution in [0, 0.1) is 5.92 Å². The molecule has 0 aromatic rings. The highest BCUT2D eigenvalue weighted by molar-refractivity contribution is 5.02. The maximum absolute atomic E-state index is 9.93. The first-order valence-corrected chi connectivity index (χ1v) is 9.28. The van der Waals surface area contributed by atoms with Crippen molar-refractivity contribution in [2.45, 2.75) is 95.3 Å². The highest BCUT2D eigenvalue weighted by atomic mass is 16.3. The molecule has 1 heterocycles. The second-order valence-electron chi connectivity index (χ2n) is 8.13. The van der Waals surface area contributed by atoms with Crippen LogP contribution < -0.4 is 5.32 Å². The molecule has 3 heteroatoms. The Labute approximate surface area is 130 Å². The predicted octanol–water partition coefficient (Wildman–Crippen LogP) is 2.92. The van der Waals surface area contributed by atoms with Crippen molar-refractivity contribution in [1.82, 2.24) is 10.2 Å². The number of nitrogens with one attached hydrogen (secondary N) is 1. The minimum Gasteiger partial charge on any atom is -0.394 e. The van der Waals surface area contributed by atoms with Crippen LogP contribution in [-0.2, 0) is 0 Å². The standard InChI is InChI=1S/C18H34N2O/c1-14(2)19-18(13-21)10-9-16(12-18)20-11-5-7-15-6-3-4-8-17(15)20/h14-17,19,21H,3-13H2,1-2H3. The average molecular weight is 294 g/mol. The van der Waals surface area contributed by atoms with E-state index in [2.05, 4.69) is 24.1 Å². The number of nitrogens with zero attached hydrogens (tertiary/aromatic N) is 1. The van der Waals surface area contributed by atoms with Crippen molar-refractivity contribution in [3.8, 4) is 0 Å². The maximum Gasteiger partial charge on any atom is 0.0614 e. The normalized spacial score (nSPS) is 41.4.